The molecule has 0 aromatic heterocycles. The Morgan fingerprint density at radius 3 is 2.59 bits per heavy atom. The fourth-order valence-corrected chi connectivity index (χ4v) is 2.94. The van der Waals surface area contributed by atoms with Gasteiger partial charge in [0, 0.05) is 18.6 Å². The van der Waals surface area contributed by atoms with E-state index in [4.69, 9.17) is 5.11 Å². The third kappa shape index (κ3) is 3.42. The molecule has 3 atom stereocenters. The normalized spacial score (nSPS) is 31.8. The number of carboxylic acids is 1. The van der Waals surface area contributed by atoms with E-state index in [0.29, 0.717) is 6.04 Å². The summed E-state index contributed by atoms with van der Waals surface area (Å²) in [7, 11) is 0. The van der Waals surface area contributed by atoms with Crippen molar-refractivity contribution in [3.8, 4) is 0 Å². The number of nitrogens with zero attached hydrogens (tertiary/aromatic N) is 1. The lowest BCUT2D eigenvalue weighted by atomic mass is 9.79. The minimum absolute atomic E-state index is 0.154. The van der Waals surface area contributed by atoms with E-state index >= 15 is 0 Å². The predicted molar refractivity (Wildman–Crippen MR) is 67.0 cm³/mol. The van der Waals surface area contributed by atoms with E-state index < -0.39 is 5.97 Å². The van der Waals surface area contributed by atoms with E-state index in [2.05, 4.69) is 17.1 Å². The van der Waals surface area contributed by atoms with Crippen molar-refractivity contribution in [1.82, 2.24) is 10.2 Å². The number of carbonyl (C=O) groups is 1. The topological polar surface area (TPSA) is 52.6 Å². The lowest BCUT2D eigenvalue weighted by Gasteiger charge is -2.38. The average molecular weight is 240 g/mol. The first-order chi connectivity index (χ1) is 8.16. The second-order valence-corrected chi connectivity index (χ2v) is 5.56. The molecule has 98 valence electrons. The highest BCUT2D eigenvalue weighted by Crippen LogP contribution is 2.28. The van der Waals surface area contributed by atoms with Gasteiger partial charge in [0.15, 0.2) is 0 Å². The second-order valence-electron chi connectivity index (χ2n) is 5.56. The zero-order chi connectivity index (χ0) is 12.3. The lowest BCUT2D eigenvalue weighted by molar-refractivity contribution is -0.146. The monoisotopic (exact) mass is 240 g/mol. The zero-order valence-corrected chi connectivity index (χ0v) is 10.7. The summed E-state index contributed by atoms with van der Waals surface area (Å²) in [5, 5.41) is 12.5. The number of nitrogens with one attached hydrogen (secondary N) is 1. The fraction of sp³-hybridized carbons (Fsp3) is 0.923. The van der Waals surface area contributed by atoms with Crippen LogP contribution in [0.4, 0.5) is 0 Å². The van der Waals surface area contributed by atoms with E-state index in [0.717, 1.165) is 19.4 Å². The van der Waals surface area contributed by atoms with Crippen LogP contribution in [0, 0.1) is 5.92 Å². The highest BCUT2D eigenvalue weighted by molar-refractivity contribution is 5.72. The summed E-state index contributed by atoms with van der Waals surface area (Å²) in [6.07, 6.45) is 5.84. The summed E-state index contributed by atoms with van der Waals surface area (Å²) >= 11 is 0. The van der Waals surface area contributed by atoms with Gasteiger partial charge in [-0.25, -0.2) is 0 Å². The molecule has 0 spiro atoms. The molecular formula is C13H24N2O2. The molecule has 1 saturated heterocycles. The molecule has 2 rings (SSSR count). The van der Waals surface area contributed by atoms with E-state index in [-0.39, 0.29) is 12.0 Å². The number of hydrogen-bond acceptors (Lipinski definition) is 3. The SMILES string of the molecule is CC(CN1CCCCC1)NC1CCC1C(=O)O. The van der Waals surface area contributed by atoms with E-state index in [1.165, 1.54) is 32.4 Å². The summed E-state index contributed by atoms with van der Waals surface area (Å²) in [5.74, 6) is -0.794. The fourth-order valence-electron chi connectivity index (χ4n) is 2.94. The maximum absolute atomic E-state index is 10.9. The first-order valence-electron chi connectivity index (χ1n) is 6.88. The average Bonchev–Trinajstić information content (AvgIpc) is 2.25. The van der Waals surface area contributed by atoms with Crippen LogP contribution in [-0.4, -0.2) is 47.7 Å². The molecule has 1 aliphatic carbocycles. The van der Waals surface area contributed by atoms with Gasteiger partial charge in [0.2, 0.25) is 0 Å². The van der Waals surface area contributed by atoms with Gasteiger partial charge in [-0.05, 0) is 45.7 Å². The number of carboxylic acid groups (broad SMARTS) is 1. The van der Waals surface area contributed by atoms with Gasteiger partial charge in [-0.15, -0.1) is 0 Å². The molecule has 2 aliphatic rings. The van der Waals surface area contributed by atoms with Crippen molar-refractivity contribution in [2.75, 3.05) is 19.6 Å². The van der Waals surface area contributed by atoms with Crippen molar-refractivity contribution < 1.29 is 9.90 Å². The largest absolute Gasteiger partial charge is 0.481 e. The Morgan fingerprint density at radius 2 is 2.06 bits per heavy atom. The van der Waals surface area contributed by atoms with Crippen LogP contribution in [0.25, 0.3) is 0 Å². The van der Waals surface area contributed by atoms with E-state index in [9.17, 15) is 4.79 Å². The van der Waals surface area contributed by atoms with Gasteiger partial charge >= 0.3 is 5.97 Å². The lowest BCUT2D eigenvalue weighted by Crippen LogP contribution is -2.53. The van der Waals surface area contributed by atoms with Crippen LogP contribution in [0.15, 0.2) is 0 Å². The van der Waals surface area contributed by atoms with Crippen molar-refractivity contribution >= 4 is 5.97 Å². The zero-order valence-electron chi connectivity index (χ0n) is 10.7. The third-order valence-electron chi connectivity index (χ3n) is 4.07. The van der Waals surface area contributed by atoms with Gasteiger partial charge in [0.25, 0.3) is 0 Å². The Balaban J connectivity index is 1.69. The first kappa shape index (κ1) is 12.8. The van der Waals surface area contributed by atoms with Crippen molar-refractivity contribution in [3.05, 3.63) is 0 Å². The highest BCUT2D eigenvalue weighted by Gasteiger charge is 2.37. The van der Waals surface area contributed by atoms with Crippen LogP contribution < -0.4 is 5.32 Å². The molecule has 3 unspecified atom stereocenters. The molecule has 4 nitrogen and oxygen atoms in total. The summed E-state index contributed by atoms with van der Waals surface area (Å²) in [4.78, 5) is 13.4. The third-order valence-corrected chi connectivity index (χ3v) is 4.07. The number of aliphatic carboxylic acids is 1. The van der Waals surface area contributed by atoms with Crippen LogP contribution in [0.5, 0.6) is 0 Å². The number of rotatable bonds is 5. The molecule has 0 amide bonds. The van der Waals surface area contributed by atoms with Gasteiger partial charge in [-0.3, -0.25) is 4.79 Å². The molecule has 1 aliphatic heterocycles. The van der Waals surface area contributed by atoms with Gasteiger partial charge in [-0.2, -0.15) is 0 Å². The maximum Gasteiger partial charge on any atom is 0.308 e. The molecule has 17 heavy (non-hydrogen) atoms. The van der Waals surface area contributed by atoms with Crippen LogP contribution in [-0.2, 0) is 4.79 Å². The molecule has 4 heteroatoms. The summed E-state index contributed by atoms with van der Waals surface area (Å²) in [6.45, 7) is 5.65. The Morgan fingerprint density at radius 1 is 1.35 bits per heavy atom. The molecule has 0 bridgehead atoms. The minimum Gasteiger partial charge on any atom is -0.481 e. The van der Waals surface area contributed by atoms with Crippen LogP contribution >= 0.6 is 0 Å². The van der Waals surface area contributed by atoms with Crippen molar-refractivity contribution in [3.63, 3.8) is 0 Å². The smallest absolute Gasteiger partial charge is 0.308 e. The molecule has 1 heterocycles. The minimum atomic E-state index is -0.640. The number of likely N-dealkylation sites (tertiary alicyclic amines) is 1. The summed E-state index contributed by atoms with van der Waals surface area (Å²) < 4.78 is 0. The molecule has 2 fully saturated rings. The van der Waals surface area contributed by atoms with Crippen molar-refractivity contribution in [1.29, 1.82) is 0 Å². The predicted octanol–water partition coefficient (Wildman–Crippen LogP) is 1.31. The summed E-state index contributed by atoms with van der Waals surface area (Å²) in [6, 6.07) is 0.604. The van der Waals surface area contributed by atoms with Crippen LogP contribution in [0.3, 0.4) is 0 Å². The molecular weight excluding hydrogens is 216 g/mol. The molecule has 0 aromatic rings. The number of hydrogen-bond donors (Lipinski definition) is 2. The first-order valence-corrected chi connectivity index (χ1v) is 6.88. The standard InChI is InChI=1S/C13H24N2O2/c1-10(9-15-7-3-2-4-8-15)14-12-6-5-11(12)13(16)17/h10-12,14H,2-9H2,1H3,(H,16,17). The Kier molecular flexibility index (Phi) is 4.40. The van der Waals surface area contributed by atoms with Gasteiger partial charge in [0.1, 0.15) is 0 Å². The Bertz CT molecular complexity index is 264. The van der Waals surface area contributed by atoms with Crippen molar-refractivity contribution in [2.24, 2.45) is 5.92 Å². The molecule has 2 N–H and O–H groups in total. The highest BCUT2D eigenvalue weighted by atomic mass is 16.4. The molecule has 0 aromatic carbocycles. The maximum atomic E-state index is 10.9. The second kappa shape index (κ2) is 5.83. The van der Waals surface area contributed by atoms with E-state index in [1.54, 1.807) is 0 Å². The van der Waals surface area contributed by atoms with Gasteiger partial charge in [-0.1, -0.05) is 6.42 Å². The Hall–Kier alpha value is -0.610. The summed E-state index contributed by atoms with van der Waals surface area (Å²) in [5.41, 5.74) is 0. The van der Waals surface area contributed by atoms with Crippen molar-refractivity contribution in [2.45, 2.75) is 51.1 Å². The van der Waals surface area contributed by atoms with Crippen LogP contribution in [0.2, 0.25) is 0 Å². The van der Waals surface area contributed by atoms with Crippen LogP contribution in [0.1, 0.15) is 39.0 Å². The molecule has 0 radical (unpaired) electrons. The van der Waals surface area contributed by atoms with E-state index in [1.807, 2.05) is 0 Å². The Labute approximate surface area is 103 Å². The quantitative estimate of drug-likeness (QED) is 0.761. The van der Waals surface area contributed by atoms with Gasteiger partial charge < -0.3 is 15.3 Å². The molecule has 1 saturated carbocycles. The number of piperidine rings is 1. The van der Waals surface area contributed by atoms with Gasteiger partial charge in [0.05, 0.1) is 5.92 Å².